The number of amides is 1. The van der Waals surface area contributed by atoms with E-state index in [1.807, 2.05) is 0 Å². The lowest BCUT2D eigenvalue weighted by molar-refractivity contribution is -0.137. The second-order valence-electron chi connectivity index (χ2n) is 6.19. The number of aromatic nitrogens is 2. The molecule has 1 atom stereocenters. The number of furan rings is 1. The molecule has 0 aliphatic carbocycles. The summed E-state index contributed by atoms with van der Waals surface area (Å²) in [6.07, 6.45) is -2.82. The van der Waals surface area contributed by atoms with Crippen LogP contribution in [0.3, 0.4) is 0 Å². The first-order valence-electron chi connectivity index (χ1n) is 8.58. The van der Waals surface area contributed by atoms with Gasteiger partial charge in [-0.15, -0.1) is 0 Å². The van der Waals surface area contributed by atoms with E-state index in [0.29, 0.717) is 11.8 Å². The maximum Gasteiger partial charge on any atom is 0.418 e. The third-order valence-electron chi connectivity index (χ3n) is 3.94. The zero-order valence-corrected chi connectivity index (χ0v) is 16.2. The maximum atomic E-state index is 13.1. The molecule has 1 aromatic carbocycles. The van der Waals surface area contributed by atoms with Gasteiger partial charge in [-0.05, 0) is 43.3 Å². The summed E-state index contributed by atoms with van der Waals surface area (Å²) >= 11 is 5.61. The van der Waals surface area contributed by atoms with Crippen LogP contribution >= 0.6 is 11.6 Å². The SMILES string of the molecule is CC(OC(=O)c1ccc(Cn2cccn2)o1)C(=O)Nc1ccc(Cl)cc1C(F)(F)F. The van der Waals surface area contributed by atoms with E-state index in [1.165, 1.54) is 19.1 Å². The van der Waals surface area contributed by atoms with Gasteiger partial charge in [-0.25, -0.2) is 4.79 Å². The van der Waals surface area contributed by atoms with Crippen LogP contribution in [-0.2, 0) is 22.3 Å². The van der Waals surface area contributed by atoms with E-state index in [0.717, 1.165) is 6.07 Å². The topological polar surface area (TPSA) is 86.4 Å². The monoisotopic (exact) mass is 441 g/mol. The number of anilines is 1. The van der Waals surface area contributed by atoms with Crippen LogP contribution in [0, 0.1) is 0 Å². The smallest absolute Gasteiger partial charge is 0.418 e. The number of nitrogens with zero attached hydrogens (tertiary/aromatic N) is 2. The van der Waals surface area contributed by atoms with Gasteiger partial charge in [0.1, 0.15) is 5.76 Å². The molecule has 3 aromatic rings. The predicted octanol–water partition coefficient (Wildman–Crippen LogP) is 4.38. The summed E-state index contributed by atoms with van der Waals surface area (Å²) in [6, 6.07) is 7.55. The van der Waals surface area contributed by atoms with E-state index in [9.17, 15) is 22.8 Å². The molecule has 0 saturated carbocycles. The second-order valence-corrected chi connectivity index (χ2v) is 6.63. The molecule has 2 heterocycles. The number of halogens is 4. The molecule has 11 heteroatoms. The molecule has 1 amide bonds. The van der Waals surface area contributed by atoms with Crippen LogP contribution in [0.2, 0.25) is 5.02 Å². The summed E-state index contributed by atoms with van der Waals surface area (Å²) in [4.78, 5) is 24.4. The van der Waals surface area contributed by atoms with Gasteiger partial charge in [-0.1, -0.05) is 11.6 Å². The molecule has 0 spiro atoms. The zero-order valence-electron chi connectivity index (χ0n) is 15.4. The van der Waals surface area contributed by atoms with Crippen LogP contribution in [0.4, 0.5) is 18.9 Å². The number of benzene rings is 1. The number of ether oxygens (including phenoxy) is 1. The largest absolute Gasteiger partial charge is 0.452 e. The lowest BCUT2D eigenvalue weighted by Gasteiger charge is -2.16. The van der Waals surface area contributed by atoms with Gasteiger partial charge in [0.25, 0.3) is 5.91 Å². The molecule has 0 saturated heterocycles. The first-order chi connectivity index (χ1) is 14.1. The highest BCUT2D eigenvalue weighted by molar-refractivity contribution is 6.30. The fourth-order valence-corrected chi connectivity index (χ4v) is 2.66. The highest BCUT2D eigenvalue weighted by atomic mass is 35.5. The van der Waals surface area contributed by atoms with Gasteiger partial charge >= 0.3 is 12.1 Å². The minimum atomic E-state index is -4.73. The number of carbonyl (C=O) groups excluding carboxylic acids is 2. The van der Waals surface area contributed by atoms with Gasteiger partial charge in [-0.2, -0.15) is 18.3 Å². The quantitative estimate of drug-likeness (QED) is 0.574. The van der Waals surface area contributed by atoms with E-state index in [1.54, 1.807) is 29.2 Å². The van der Waals surface area contributed by atoms with Crippen molar-refractivity contribution in [1.29, 1.82) is 0 Å². The van der Waals surface area contributed by atoms with Gasteiger partial charge in [0.05, 0.1) is 17.8 Å². The molecule has 7 nitrogen and oxygen atoms in total. The van der Waals surface area contributed by atoms with Gasteiger partial charge in [0.2, 0.25) is 5.76 Å². The lowest BCUT2D eigenvalue weighted by Crippen LogP contribution is -2.30. The summed E-state index contributed by atoms with van der Waals surface area (Å²) in [6.45, 7) is 1.51. The molecule has 2 aromatic heterocycles. The molecule has 1 unspecified atom stereocenters. The Bertz CT molecular complexity index is 1050. The summed E-state index contributed by atoms with van der Waals surface area (Å²) < 4.78 is 51.3. The Morgan fingerprint density at radius 3 is 2.73 bits per heavy atom. The van der Waals surface area contributed by atoms with E-state index in [-0.39, 0.29) is 17.3 Å². The molecule has 3 rings (SSSR count). The molecule has 158 valence electrons. The molecule has 0 radical (unpaired) electrons. The van der Waals surface area contributed by atoms with Crippen LogP contribution in [0.1, 0.15) is 28.8 Å². The van der Waals surface area contributed by atoms with E-state index >= 15 is 0 Å². The number of nitrogens with one attached hydrogen (secondary N) is 1. The molecular formula is C19H15ClF3N3O4. The molecular weight excluding hydrogens is 427 g/mol. The summed E-state index contributed by atoms with van der Waals surface area (Å²) in [5.41, 5.74) is -1.62. The van der Waals surface area contributed by atoms with E-state index in [4.69, 9.17) is 20.8 Å². The molecule has 1 N–H and O–H groups in total. The van der Waals surface area contributed by atoms with Crippen LogP contribution in [0.15, 0.2) is 53.2 Å². The average molecular weight is 442 g/mol. The van der Waals surface area contributed by atoms with E-state index < -0.39 is 35.4 Å². The Morgan fingerprint density at radius 2 is 2.07 bits per heavy atom. The fourth-order valence-electron chi connectivity index (χ4n) is 2.49. The van der Waals surface area contributed by atoms with Crippen molar-refractivity contribution in [2.24, 2.45) is 0 Å². The number of hydrogen-bond donors (Lipinski definition) is 1. The number of hydrogen-bond acceptors (Lipinski definition) is 5. The Labute approximate surface area is 173 Å². The highest BCUT2D eigenvalue weighted by Gasteiger charge is 2.34. The summed E-state index contributed by atoms with van der Waals surface area (Å²) in [5, 5.41) is 5.97. The van der Waals surface area contributed by atoms with Crippen molar-refractivity contribution in [1.82, 2.24) is 9.78 Å². The van der Waals surface area contributed by atoms with Crippen molar-refractivity contribution in [3.8, 4) is 0 Å². The first kappa shape index (κ1) is 21.4. The van der Waals surface area contributed by atoms with Gasteiger partial charge in [0, 0.05) is 17.4 Å². The van der Waals surface area contributed by atoms with Crippen molar-refractivity contribution in [3.05, 3.63) is 70.9 Å². The van der Waals surface area contributed by atoms with Crippen LogP contribution < -0.4 is 5.32 Å². The number of rotatable bonds is 6. The van der Waals surface area contributed by atoms with E-state index in [2.05, 4.69) is 10.4 Å². The number of alkyl halides is 3. The van der Waals surface area contributed by atoms with Crippen molar-refractivity contribution in [2.45, 2.75) is 25.7 Å². The van der Waals surface area contributed by atoms with Gasteiger partial charge < -0.3 is 14.5 Å². The van der Waals surface area contributed by atoms with Crippen LogP contribution in [0.25, 0.3) is 0 Å². The first-order valence-corrected chi connectivity index (χ1v) is 8.96. The summed E-state index contributed by atoms with van der Waals surface area (Å²) in [7, 11) is 0. The predicted molar refractivity (Wildman–Crippen MR) is 100.0 cm³/mol. The van der Waals surface area contributed by atoms with Gasteiger partial charge in [0.15, 0.2) is 6.10 Å². The second kappa shape index (κ2) is 8.62. The van der Waals surface area contributed by atoms with Crippen LogP contribution in [-0.4, -0.2) is 27.8 Å². The van der Waals surface area contributed by atoms with Gasteiger partial charge in [-0.3, -0.25) is 9.48 Å². The van der Waals surface area contributed by atoms with Crippen molar-refractivity contribution in [3.63, 3.8) is 0 Å². The molecule has 0 aliphatic heterocycles. The minimum Gasteiger partial charge on any atom is -0.452 e. The Morgan fingerprint density at radius 1 is 1.30 bits per heavy atom. The Hall–Kier alpha value is -3.27. The average Bonchev–Trinajstić information content (AvgIpc) is 3.34. The Balaban J connectivity index is 1.63. The molecule has 0 bridgehead atoms. The third-order valence-corrected chi connectivity index (χ3v) is 4.17. The third kappa shape index (κ3) is 5.20. The van der Waals surface area contributed by atoms with Crippen molar-refractivity contribution in [2.75, 3.05) is 5.32 Å². The number of esters is 1. The van der Waals surface area contributed by atoms with Crippen molar-refractivity contribution >= 4 is 29.2 Å². The van der Waals surface area contributed by atoms with Crippen molar-refractivity contribution < 1.29 is 31.9 Å². The zero-order chi connectivity index (χ0) is 21.9. The number of carbonyl (C=O) groups is 2. The van der Waals surface area contributed by atoms with Crippen LogP contribution in [0.5, 0.6) is 0 Å². The standard InChI is InChI=1S/C19H15ClF3N3O4/c1-11(17(27)25-15-5-3-12(20)9-14(15)19(21,22)23)29-18(28)16-6-4-13(30-16)10-26-8-2-7-24-26/h2-9,11H,10H2,1H3,(H,25,27). The minimum absolute atomic E-state index is 0.136. The molecule has 0 fully saturated rings. The maximum absolute atomic E-state index is 13.1. The highest BCUT2D eigenvalue weighted by Crippen LogP contribution is 2.36. The summed E-state index contributed by atoms with van der Waals surface area (Å²) in [5.74, 6) is -1.60. The molecule has 0 aliphatic rings. The molecule has 30 heavy (non-hydrogen) atoms. The fraction of sp³-hybridized carbons (Fsp3) is 0.211. The lowest BCUT2D eigenvalue weighted by atomic mass is 10.1. The normalized spacial score (nSPS) is 12.4. The Kier molecular flexibility index (Phi) is 6.16.